The number of nitrogen functional groups attached to an aromatic ring is 1. The first-order valence-electron chi connectivity index (χ1n) is 5.23. The topological polar surface area (TPSA) is 106 Å². The number of amidine groups is 1. The van der Waals surface area contributed by atoms with Gasteiger partial charge in [0, 0.05) is 10.9 Å². The van der Waals surface area contributed by atoms with Crippen molar-refractivity contribution in [2.24, 2.45) is 11.5 Å². The van der Waals surface area contributed by atoms with Gasteiger partial charge < -0.3 is 11.5 Å². The molecule has 6 heteroatoms. The number of hydrogen-bond acceptors (Lipinski definition) is 4. The number of carbonyl (C=O) groups excluding carboxylic acids is 1. The summed E-state index contributed by atoms with van der Waals surface area (Å²) in [5.41, 5.74) is 12.0. The zero-order valence-electron chi connectivity index (χ0n) is 9.51. The van der Waals surface area contributed by atoms with Crippen molar-refractivity contribution >= 4 is 34.4 Å². The first-order chi connectivity index (χ1) is 8.58. The van der Waals surface area contributed by atoms with Gasteiger partial charge in [0.2, 0.25) is 5.91 Å². The van der Waals surface area contributed by atoms with E-state index in [4.69, 9.17) is 16.9 Å². The van der Waals surface area contributed by atoms with E-state index in [1.807, 2.05) is 24.3 Å². The number of amides is 1. The van der Waals surface area contributed by atoms with E-state index < -0.39 is 5.91 Å². The van der Waals surface area contributed by atoms with Crippen molar-refractivity contribution in [3.63, 3.8) is 0 Å². The van der Waals surface area contributed by atoms with Crippen LogP contribution in [-0.4, -0.2) is 22.5 Å². The van der Waals surface area contributed by atoms with E-state index in [0.717, 1.165) is 10.9 Å². The van der Waals surface area contributed by atoms with Crippen molar-refractivity contribution < 1.29 is 4.79 Å². The van der Waals surface area contributed by atoms with Crippen LogP contribution in [0.1, 0.15) is 5.56 Å². The van der Waals surface area contributed by atoms with Crippen molar-refractivity contribution in [1.29, 1.82) is 5.41 Å². The maximum absolute atomic E-state index is 10.8. The fourth-order valence-electron chi connectivity index (χ4n) is 1.54. The summed E-state index contributed by atoms with van der Waals surface area (Å²) >= 11 is 1.19. The second kappa shape index (κ2) is 5.05. The van der Waals surface area contributed by atoms with E-state index in [1.165, 1.54) is 11.8 Å². The van der Waals surface area contributed by atoms with E-state index in [1.54, 1.807) is 6.07 Å². The molecule has 1 aromatic carbocycles. The van der Waals surface area contributed by atoms with Crippen LogP contribution in [0.4, 0.5) is 0 Å². The number of thioether (sulfide) groups is 1. The van der Waals surface area contributed by atoms with E-state index in [2.05, 4.69) is 4.98 Å². The van der Waals surface area contributed by atoms with E-state index in [0.29, 0.717) is 10.6 Å². The zero-order valence-corrected chi connectivity index (χ0v) is 10.3. The number of nitrogens with two attached hydrogens (primary N) is 2. The molecule has 5 nitrogen and oxygen atoms in total. The Morgan fingerprint density at radius 2 is 2.06 bits per heavy atom. The Kier molecular flexibility index (Phi) is 3.47. The molecule has 0 atom stereocenters. The summed E-state index contributed by atoms with van der Waals surface area (Å²) in [6.45, 7) is 0. The van der Waals surface area contributed by atoms with Crippen molar-refractivity contribution in [1.82, 2.24) is 4.98 Å². The highest BCUT2D eigenvalue weighted by Crippen LogP contribution is 2.24. The molecular weight excluding hydrogens is 248 g/mol. The van der Waals surface area contributed by atoms with E-state index in [-0.39, 0.29) is 11.6 Å². The summed E-state index contributed by atoms with van der Waals surface area (Å²) in [6.07, 6.45) is 0. The molecular formula is C12H12N4OS. The Morgan fingerprint density at radius 1 is 1.33 bits per heavy atom. The number of fused-ring (bicyclic) bond motifs is 1. The minimum Gasteiger partial charge on any atom is -0.384 e. The molecule has 0 saturated carbocycles. The normalized spacial score (nSPS) is 10.4. The number of para-hydroxylation sites is 1. The fraction of sp³-hybridized carbons (Fsp3) is 0.0833. The fourth-order valence-corrected chi connectivity index (χ4v) is 2.31. The van der Waals surface area contributed by atoms with Crippen LogP contribution >= 0.6 is 11.8 Å². The molecule has 0 radical (unpaired) electrons. The van der Waals surface area contributed by atoms with Crippen molar-refractivity contribution in [2.45, 2.75) is 5.03 Å². The number of nitrogens with one attached hydrogen (secondary N) is 1. The number of nitrogens with zero attached hydrogens (tertiary/aromatic N) is 1. The lowest BCUT2D eigenvalue weighted by molar-refractivity contribution is -0.115. The Bertz CT molecular complexity index is 627. The van der Waals surface area contributed by atoms with Crippen LogP contribution in [0.3, 0.4) is 0 Å². The van der Waals surface area contributed by atoms with Gasteiger partial charge in [0.15, 0.2) is 0 Å². The quantitative estimate of drug-likeness (QED) is 0.434. The number of rotatable bonds is 4. The molecule has 2 aromatic rings. The third kappa shape index (κ3) is 2.60. The van der Waals surface area contributed by atoms with Gasteiger partial charge >= 0.3 is 0 Å². The van der Waals surface area contributed by atoms with Crippen molar-refractivity contribution in [3.05, 3.63) is 35.9 Å². The molecule has 1 heterocycles. The Morgan fingerprint density at radius 3 is 2.72 bits per heavy atom. The highest BCUT2D eigenvalue weighted by molar-refractivity contribution is 8.00. The first-order valence-corrected chi connectivity index (χ1v) is 6.22. The largest absolute Gasteiger partial charge is 0.384 e. The molecule has 0 spiro atoms. The molecule has 0 aliphatic carbocycles. The Labute approximate surface area is 108 Å². The molecule has 18 heavy (non-hydrogen) atoms. The summed E-state index contributed by atoms with van der Waals surface area (Å²) < 4.78 is 0. The maximum atomic E-state index is 10.8. The number of benzene rings is 1. The molecule has 2 rings (SSSR count). The van der Waals surface area contributed by atoms with Crippen LogP contribution in [0.25, 0.3) is 10.9 Å². The lowest BCUT2D eigenvalue weighted by atomic mass is 10.1. The average Bonchev–Trinajstić information content (AvgIpc) is 2.35. The third-order valence-corrected chi connectivity index (χ3v) is 3.34. The summed E-state index contributed by atoms with van der Waals surface area (Å²) in [5.74, 6) is -0.379. The molecule has 0 bridgehead atoms. The summed E-state index contributed by atoms with van der Waals surface area (Å²) in [5, 5.41) is 9.01. The molecule has 0 aliphatic heterocycles. The van der Waals surface area contributed by atoms with Crippen molar-refractivity contribution in [2.75, 3.05) is 5.75 Å². The summed E-state index contributed by atoms with van der Waals surface area (Å²) in [7, 11) is 0. The smallest absolute Gasteiger partial charge is 0.227 e. The van der Waals surface area contributed by atoms with Crippen LogP contribution in [-0.2, 0) is 4.79 Å². The number of hydrogen-bond donors (Lipinski definition) is 3. The average molecular weight is 260 g/mol. The second-order valence-electron chi connectivity index (χ2n) is 3.70. The highest BCUT2D eigenvalue weighted by Gasteiger charge is 2.11. The predicted octanol–water partition coefficient (Wildman–Crippen LogP) is 1.10. The van der Waals surface area contributed by atoms with Gasteiger partial charge in [0.25, 0.3) is 0 Å². The minimum atomic E-state index is -0.426. The number of pyridine rings is 1. The van der Waals surface area contributed by atoms with Gasteiger partial charge in [-0.15, -0.1) is 0 Å². The van der Waals surface area contributed by atoms with Gasteiger partial charge in [-0.05, 0) is 12.1 Å². The van der Waals surface area contributed by atoms with Gasteiger partial charge in [0.05, 0.1) is 11.3 Å². The number of primary amides is 1. The molecule has 1 amide bonds. The van der Waals surface area contributed by atoms with Crippen LogP contribution in [0, 0.1) is 5.41 Å². The third-order valence-electron chi connectivity index (χ3n) is 2.33. The lowest BCUT2D eigenvalue weighted by Crippen LogP contribution is -2.16. The molecule has 0 unspecified atom stereocenters. The summed E-state index contributed by atoms with van der Waals surface area (Å²) in [6, 6.07) is 9.34. The minimum absolute atomic E-state index is 0.0692. The molecule has 0 fully saturated rings. The van der Waals surface area contributed by atoms with E-state index in [9.17, 15) is 4.79 Å². The predicted molar refractivity (Wildman–Crippen MR) is 72.7 cm³/mol. The molecule has 5 N–H and O–H groups in total. The highest BCUT2D eigenvalue weighted by atomic mass is 32.2. The molecule has 0 saturated heterocycles. The van der Waals surface area contributed by atoms with Gasteiger partial charge in [0.1, 0.15) is 10.9 Å². The van der Waals surface area contributed by atoms with Gasteiger partial charge in [-0.1, -0.05) is 30.0 Å². The van der Waals surface area contributed by atoms with E-state index >= 15 is 0 Å². The standard InChI is InChI=1S/C12H12N4OS/c13-10(17)6-18-12-8(11(14)15)5-7-3-1-2-4-9(7)16-12/h1-5H,6H2,(H2,13,17)(H3,14,15). The van der Waals surface area contributed by atoms with Gasteiger partial charge in [-0.25, -0.2) is 4.98 Å². The molecule has 1 aromatic heterocycles. The van der Waals surface area contributed by atoms with Crippen LogP contribution in [0.15, 0.2) is 35.4 Å². The molecule has 92 valence electrons. The first kappa shape index (κ1) is 12.4. The Balaban J connectivity index is 2.50. The Hall–Kier alpha value is -2.08. The second-order valence-corrected chi connectivity index (χ2v) is 4.67. The van der Waals surface area contributed by atoms with Gasteiger partial charge in [-0.3, -0.25) is 10.2 Å². The monoisotopic (exact) mass is 260 g/mol. The SMILES string of the molecule is N=C(N)c1cc2ccccc2nc1SCC(N)=O. The van der Waals surface area contributed by atoms with Gasteiger partial charge in [-0.2, -0.15) is 0 Å². The lowest BCUT2D eigenvalue weighted by Gasteiger charge is -2.08. The van der Waals surface area contributed by atoms with Crippen LogP contribution in [0.2, 0.25) is 0 Å². The maximum Gasteiger partial charge on any atom is 0.227 e. The van der Waals surface area contributed by atoms with Crippen molar-refractivity contribution in [3.8, 4) is 0 Å². The summed E-state index contributed by atoms with van der Waals surface area (Å²) in [4.78, 5) is 15.2. The van der Waals surface area contributed by atoms with Crippen LogP contribution in [0.5, 0.6) is 0 Å². The number of aromatic nitrogens is 1. The van der Waals surface area contributed by atoms with Crippen LogP contribution < -0.4 is 11.5 Å². The zero-order chi connectivity index (χ0) is 13.1. The number of carbonyl (C=O) groups is 1. The molecule has 0 aliphatic rings.